The Bertz CT molecular complexity index is 2480. The summed E-state index contributed by atoms with van der Waals surface area (Å²) in [7, 11) is 0. The van der Waals surface area contributed by atoms with Crippen LogP contribution in [0.25, 0.3) is 38.7 Å². The number of rotatable bonds is 6. The highest BCUT2D eigenvalue weighted by molar-refractivity contribution is 6.20. The van der Waals surface area contributed by atoms with Gasteiger partial charge in [0.15, 0.2) is 11.7 Å². The Kier molecular flexibility index (Phi) is 8.37. The van der Waals surface area contributed by atoms with Gasteiger partial charge in [-0.3, -0.25) is 15.0 Å². The minimum atomic E-state index is 0.421. The van der Waals surface area contributed by atoms with Crippen LogP contribution in [0.15, 0.2) is 177 Å². The molecule has 0 N–H and O–H groups in total. The van der Waals surface area contributed by atoms with E-state index in [4.69, 9.17) is 20.0 Å². The van der Waals surface area contributed by atoms with Gasteiger partial charge in [-0.25, -0.2) is 9.98 Å². The molecule has 52 heavy (non-hydrogen) atoms. The van der Waals surface area contributed by atoms with E-state index in [0.29, 0.717) is 24.1 Å². The molecular weight excluding hydrogens is 635 g/mol. The molecule has 0 amide bonds. The van der Waals surface area contributed by atoms with Gasteiger partial charge in [-0.05, 0) is 70.2 Å². The second-order valence-corrected chi connectivity index (χ2v) is 13.7. The molecule has 5 heteroatoms. The number of aromatic nitrogens is 1. The molecule has 3 heterocycles. The predicted molar refractivity (Wildman–Crippen MR) is 216 cm³/mol. The Morgan fingerprint density at radius 2 is 1.25 bits per heavy atom. The molecule has 0 fully saturated rings. The molecule has 6 aromatic rings. The molecule has 1 aromatic heterocycles. The quantitative estimate of drug-likeness (QED) is 0.174. The number of hydrogen-bond donors (Lipinski definition) is 0. The smallest absolute Gasteiger partial charge is 0.161 e. The van der Waals surface area contributed by atoms with Crippen LogP contribution in [0.5, 0.6) is 0 Å². The Hall–Kier alpha value is -6.33. The van der Waals surface area contributed by atoms with Crippen molar-refractivity contribution in [3.05, 3.63) is 179 Å². The van der Waals surface area contributed by atoms with Crippen molar-refractivity contribution in [2.24, 2.45) is 25.9 Å². The summed E-state index contributed by atoms with van der Waals surface area (Å²) in [6.45, 7) is 2.72. The monoisotopic (exact) mass is 671 g/mol. The lowest BCUT2D eigenvalue weighted by molar-refractivity contribution is 0.721. The van der Waals surface area contributed by atoms with Gasteiger partial charge >= 0.3 is 0 Å². The predicted octanol–water partition coefficient (Wildman–Crippen LogP) is 10.8. The summed E-state index contributed by atoms with van der Waals surface area (Å²) in [6, 6.07) is 46.6. The van der Waals surface area contributed by atoms with Crippen molar-refractivity contribution in [1.82, 2.24) is 4.98 Å². The van der Waals surface area contributed by atoms with Gasteiger partial charge in [0, 0.05) is 34.5 Å². The van der Waals surface area contributed by atoms with Crippen molar-refractivity contribution in [1.29, 1.82) is 0 Å². The Balaban J connectivity index is 1.08. The largest absolute Gasteiger partial charge is 0.261 e. The topological polar surface area (TPSA) is 62.3 Å². The molecule has 0 saturated carbocycles. The van der Waals surface area contributed by atoms with E-state index >= 15 is 0 Å². The SMILES string of the molecule is CC1C=C2CCC=NC2=C(c2ccc(C3=NC(c4ccc(-c5cccc6cccnc56)cc4)=NC(c4ccc(-c5ccccc5)cc4)=NC3)cc2)C1. The van der Waals surface area contributed by atoms with Crippen LogP contribution in [0, 0.1) is 5.92 Å². The Labute approximate surface area is 304 Å². The van der Waals surface area contributed by atoms with Crippen LogP contribution in [0.3, 0.4) is 0 Å². The zero-order valence-electron chi connectivity index (χ0n) is 29.1. The number of aliphatic imine (C=N–C) groups is 4. The Morgan fingerprint density at radius 1 is 0.577 bits per heavy atom. The number of allylic oxidation sites excluding steroid dienone is 3. The van der Waals surface area contributed by atoms with Gasteiger partial charge < -0.3 is 0 Å². The third-order valence-electron chi connectivity index (χ3n) is 10.1. The number of fused-ring (bicyclic) bond motifs is 2. The Morgan fingerprint density at radius 3 is 2.06 bits per heavy atom. The molecule has 2 aliphatic heterocycles. The highest BCUT2D eigenvalue weighted by atomic mass is 15.0. The maximum absolute atomic E-state index is 5.22. The summed E-state index contributed by atoms with van der Waals surface area (Å²) in [5.41, 5.74) is 14.4. The first-order valence-corrected chi connectivity index (χ1v) is 18.0. The molecule has 1 unspecified atom stereocenters. The van der Waals surface area contributed by atoms with E-state index in [1.54, 1.807) is 0 Å². The van der Waals surface area contributed by atoms with E-state index in [1.165, 1.54) is 22.3 Å². The van der Waals surface area contributed by atoms with Crippen molar-refractivity contribution >= 4 is 40.1 Å². The summed E-state index contributed by atoms with van der Waals surface area (Å²) in [6.07, 6.45) is 9.39. The van der Waals surface area contributed by atoms with Crippen molar-refractivity contribution in [3.8, 4) is 22.3 Å². The molecule has 0 spiro atoms. The van der Waals surface area contributed by atoms with Crippen LogP contribution in [-0.2, 0) is 0 Å². The van der Waals surface area contributed by atoms with Gasteiger partial charge in [0.25, 0.3) is 0 Å². The number of amidine groups is 2. The fraction of sp³-hybridized carbons (Fsp3) is 0.128. The highest BCUT2D eigenvalue weighted by Gasteiger charge is 2.23. The fourth-order valence-electron chi connectivity index (χ4n) is 7.44. The van der Waals surface area contributed by atoms with Gasteiger partial charge in [0.2, 0.25) is 0 Å². The zero-order valence-corrected chi connectivity index (χ0v) is 29.1. The molecule has 1 aliphatic carbocycles. The molecule has 3 aliphatic rings. The van der Waals surface area contributed by atoms with Crippen LogP contribution < -0.4 is 0 Å². The van der Waals surface area contributed by atoms with Gasteiger partial charge in [0.1, 0.15) is 0 Å². The summed E-state index contributed by atoms with van der Waals surface area (Å²) in [4.78, 5) is 24.9. The maximum Gasteiger partial charge on any atom is 0.161 e. The van der Waals surface area contributed by atoms with Gasteiger partial charge in [-0.2, -0.15) is 0 Å². The van der Waals surface area contributed by atoms with Crippen molar-refractivity contribution < 1.29 is 0 Å². The first-order chi connectivity index (χ1) is 25.7. The lowest BCUT2D eigenvalue weighted by Gasteiger charge is -2.25. The summed E-state index contributed by atoms with van der Waals surface area (Å²) in [5, 5.41) is 1.12. The number of hydrogen-bond acceptors (Lipinski definition) is 5. The molecule has 5 nitrogen and oxygen atoms in total. The number of pyridine rings is 1. The number of benzene rings is 5. The minimum Gasteiger partial charge on any atom is -0.261 e. The molecule has 250 valence electrons. The average Bonchev–Trinajstić information content (AvgIpc) is 3.45. The third-order valence-corrected chi connectivity index (χ3v) is 10.1. The fourth-order valence-corrected chi connectivity index (χ4v) is 7.44. The average molecular weight is 672 g/mol. The lowest BCUT2D eigenvalue weighted by atomic mass is 9.83. The molecule has 9 rings (SSSR count). The maximum atomic E-state index is 5.22. The van der Waals surface area contributed by atoms with Crippen LogP contribution in [0.2, 0.25) is 0 Å². The van der Waals surface area contributed by atoms with Gasteiger partial charge in [-0.15, -0.1) is 0 Å². The summed E-state index contributed by atoms with van der Waals surface area (Å²) < 4.78 is 0. The van der Waals surface area contributed by atoms with Gasteiger partial charge in [0.05, 0.1) is 23.5 Å². The molecule has 0 bridgehead atoms. The second-order valence-electron chi connectivity index (χ2n) is 13.7. The van der Waals surface area contributed by atoms with Crippen LogP contribution >= 0.6 is 0 Å². The molecular formula is C47H37N5. The molecule has 0 saturated heterocycles. The van der Waals surface area contributed by atoms with E-state index in [1.807, 2.05) is 18.3 Å². The van der Waals surface area contributed by atoms with E-state index in [2.05, 4.69) is 146 Å². The molecule has 5 aromatic carbocycles. The van der Waals surface area contributed by atoms with Crippen molar-refractivity contribution in [2.75, 3.05) is 6.54 Å². The first-order valence-electron chi connectivity index (χ1n) is 18.0. The van der Waals surface area contributed by atoms with Crippen LogP contribution in [-0.4, -0.2) is 35.1 Å². The first kappa shape index (κ1) is 31.6. The van der Waals surface area contributed by atoms with E-state index in [9.17, 15) is 0 Å². The van der Waals surface area contributed by atoms with Gasteiger partial charge in [-0.1, -0.05) is 140 Å². The van der Waals surface area contributed by atoms with Crippen LogP contribution in [0.1, 0.15) is 48.4 Å². The number of para-hydroxylation sites is 1. The molecule has 1 atom stereocenters. The highest BCUT2D eigenvalue weighted by Crippen LogP contribution is 2.39. The lowest BCUT2D eigenvalue weighted by Crippen LogP contribution is -2.10. The standard InChI is InChI=1S/C47H37N5/c1-31-28-40-12-7-27-49-45(40)42(29-31)35-16-20-36(21-17-35)43-30-50-46(38-22-14-33(15-23-38)32-8-3-2-4-9-32)52-47(51-43)39-24-18-34(19-25-39)41-13-5-10-37-11-6-26-48-44(37)41/h2-6,8-11,13-28,31H,7,12,29-30H2,1H3. The molecule has 0 radical (unpaired) electrons. The van der Waals surface area contributed by atoms with Crippen molar-refractivity contribution in [3.63, 3.8) is 0 Å². The zero-order chi connectivity index (χ0) is 34.9. The normalized spacial score (nSPS) is 17.1. The summed E-state index contributed by atoms with van der Waals surface area (Å²) in [5.74, 6) is 1.82. The van der Waals surface area contributed by atoms with E-state index in [-0.39, 0.29) is 0 Å². The second kappa shape index (κ2) is 13.8. The third kappa shape index (κ3) is 6.26. The van der Waals surface area contributed by atoms with E-state index < -0.39 is 0 Å². The van der Waals surface area contributed by atoms with Crippen LogP contribution in [0.4, 0.5) is 0 Å². The summed E-state index contributed by atoms with van der Waals surface area (Å²) >= 11 is 0. The minimum absolute atomic E-state index is 0.421. The van der Waals surface area contributed by atoms with E-state index in [0.717, 1.165) is 75.0 Å². The number of nitrogens with zero attached hydrogens (tertiary/aromatic N) is 5. The van der Waals surface area contributed by atoms with Crippen molar-refractivity contribution in [2.45, 2.75) is 26.2 Å².